The largest absolute Gasteiger partial charge is 0.330 e. The molecule has 7 heteroatoms. The molecule has 2 aromatic heterocycles. The van der Waals surface area contributed by atoms with Gasteiger partial charge in [0.1, 0.15) is 0 Å². The average Bonchev–Trinajstić information content (AvgIpc) is 3.28. The Kier molecular flexibility index (Phi) is 3.74. The Morgan fingerprint density at radius 2 is 2.00 bits per heavy atom. The van der Waals surface area contributed by atoms with Crippen LogP contribution in [0.5, 0.6) is 0 Å². The molecule has 0 N–H and O–H groups in total. The molecule has 1 amide bonds. The van der Waals surface area contributed by atoms with Crippen LogP contribution in [-0.2, 0) is 13.0 Å². The number of hydrogen-bond acceptors (Lipinski definition) is 4. The van der Waals surface area contributed by atoms with Gasteiger partial charge in [-0.3, -0.25) is 9.78 Å². The number of aromatic nitrogens is 4. The van der Waals surface area contributed by atoms with E-state index < -0.39 is 6.17 Å². The predicted octanol–water partition coefficient (Wildman–Crippen LogP) is 2.88. The summed E-state index contributed by atoms with van der Waals surface area (Å²) in [5, 5.41) is 4.38. The number of nitrogens with zero attached hydrogens (tertiary/aromatic N) is 5. The van der Waals surface area contributed by atoms with Crippen LogP contribution >= 0.6 is 0 Å². The number of pyridine rings is 1. The molecular formula is C20H18FN5O. The maximum absolute atomic E-state index is 14.5. The van der Waals surface area contributed by atoms with Crippen molar-refractivity contribution in [3.63, 3.8) is 0 Å². The normalized spacial score (nSPS) is 21.0. The standard InChI is InChI=1S/C20H18FN5O/c21-15-11-17(14-5-2-1-3-6-14)26-19(15)23-18(24-26)20(27)25-10-8-13-7-4-9-22-16(13)12-25/h1-7,9,15,17H,8,10-12H2/t15-,17-/m1/s1. The van der Waals surface area contributed by atoms with Crippen molar-refractivity contribution >= 4 is 5.91 Å². The highest BCUT2D eigenvalue weighted by atomic mass is 19.1. The van der Waals surface area contributed by atoms with Crippen LogP contribution in [0.2, 0.25) is 0 Å². The Morgan fingerprint density at radius 1 is 1.15 bits per heavy atom. The van der Waals surface area contributed by atoms with Crippen LogP contribution in [0.15, 0.2) is 48.7 Å². The molecule has 4 heterocycles. The fraction of sp³-hybridized carbons (Fsp3) is 0.300. The minimum Gasteiger partial charge on any atom is -0.330 e. The zero-order valence-electron chi connectivity index (χ0n) is 14.6. The molecule has 0 radical (unpaired) electrons. The summed E-state index contributed by atoms with van der Waals surface area (Å²) in [7, 11) is 0. The molecule has 2 aliphatic rings. The van der Waals surface area contributed by atoms with Gasteiger partial charge in [0.15, 0.2) is 12.0 Å². The summed E-state index contributed by atoms with van der Waals surface area (Å²) in [6, 6.07) is 13.4. The Hall–Kier alpha value is -3.09. The Labute approximate surface area is 155 Å². The summed E-state index contributed by atoms with van der Waals surface area (Å²) < 4.78 is 16.1. The van der Waals surface area contributed by atoms with Gasteiger partial charge < -0.3 is 4.90 Å². The van der Waals surface area contributed by atoms with Crippen LogP contribution in [0, 0.1) is 0 Å². The maximum Gasteiger partial charge on any atom is 0.293 e. The molecule has 2 aliphatic heterocycles. The second-order valence-corrected chi connectivity index (χ2v) is 6.95. The second-order valence-electron chi connectivity index (χ2n) is 6.95. The molecule has 1 aromatic carbocycles. The van der Waals surface area contributed by atoms with E-state index in [4.69, 9.17) is 0 Å². The van der Waals surface area contributed by atoms with Crippen LogP contribution in [0.25, 0.3) is 0 Å². The Morgan fingerprint density at radius 3 is 2.85 bits per heavy atom. The zero-order valence-corrected chi connectivity index (χ0v) is 14.6. The minimum absolute atomic E-state index is 0.0627. The molecule has 0 spiro atoms. The maximum atomic E-state index is 14.5. The van der Waals surface area contributed by atoms with Crippen molar-refractivity contribution in [2.75, 3.05) is 6.54 Å². The lowest BCUT2D eigenvalue weighted by Gasteiger charge is -2.27. The molecule has 136 valence electrons. The lowest BCUT2D eigenvalue weighted by molar-refractivity contribution is 0.0718. The number of alkyl halides is 1. The molecule has 5 rings (SSSR count). The highest BCUT2D eigenvalue weighted by Crippen LogP contribution is 2.39. The highest BCUT2D eigenvalue weighted by molar-refractivity contribution is 5.90. The molecule has 27 heavy (non-hydrogen) atoms. The molecule has 0 fully saturated rings. The monoisotopic (exact) mass is 363 g/mol. The van der Waals surface area contributed by atoms with Crippen LogP contribution in [0.3, 0.4) is 0 Å². The topological polar surface area (TPSA) is 63.9 Å². The SMILES string of the molecule is O=C(c1nc2n(n1)[C@@H](c1ccccc1)C[C@H]2F)N1CCc2cccnc2C1. The Bertz CT molecular complexity index is 1000. The third kappa shape index (κ3) is 2.70. The van der Waals surface area contributed by atoms with Gasteiger partial charge in [-0.25, -0.2) is 14.1 Å². The van der Waals surface area contributed by atoms with Gasteiger partial charge in [-0.1, -0.05) is 36.4 Å². The summed E-state index contributed by atoms with van der Waals surface area (Å²) in [6.45, 7) is 1.02. The lowest BCUT2D eigenvalue weighted by Crippen LogP contribution is -2.37. The minimum atomic E-state index is -1.21. The van der Waals surface area contributed by atoms with Crippen molar-refractivity contribution in [1.29, 1.82) is 0 Å². The van der Waals surface area contributed by atoms with Crippen molar-refractivity contribution in [2.45, 2.75) is 31.6 Å². The smallest absolute Gasteiger partial charge is 0.293 e. The summed E-state index contributed by atoms with van der Waals surface area (Å²) in [5.41, 5.74) is 3.03. The molecular weight excluding hydrogens is 345 g/mol. The summed E-state index contributed by atoms with van der Waals surface area (Å²) >= 11 is 0. The third-order valence-electron chi connectivity index (χ3n) is 5.30. The molecule has 0 bridgehead atoms. The van der Waals surface area contributed by atoms with Crippen molar-refractivity contribution in [3.05, 3.63) is 77.1 Å². The number of fused-ring (bicyclic) bond motifs is 2. The van der Waals surface area contributed by atoms with Crippen LogP contribution in [0.1, 0.15) is 51.9 Å². The zero-order chi connectivity index (χ0) is 18.4. The van der Waals surface area contributed by atoms with E-state index >= 15 is 0 Å². The molecule has 3 aromatic rings. The first-order valence-corrected chi connectivity index (χ1v) is 9.08. The third-order valence-corrected chi connectivity index (χ3v) is 5.30. The summed E-state index contributed by atoms with van der Waals surface area (Å²) in [6.07, 6.45) is 1.57. The van der Waals surface area contributed by atoms with Crippen LogP contribution in [-0.4, -0.2) is 37.1 Å². The molecule has 0 saturated heterocycles. The molecule has 0 saturated carbocycles. The molecule has 2 atom stereocenters. The Balaban J connectivity index is 1.43. The number of carbonyl (C=O) groups is 1. The fourth-order valence-corrected chi connectivity index (χ4v) is 3.89. The second kappa shape index (κ2) is 6.26. The van der Waals surface area contributed by atoms with Gasteiger partial charge >= 0.3 is 0 Å². The van der Waals surface area contributed by atoms with Gasteiger partial charge in [0, 0.05) is 19.2 Å². The first-order chi connectivity index (χ1) is 13.2. The van der Waals surface area contributed by atoms with E-state index in [0.29, 0.717) is 19.5 Å². The first-order valence-electron chi connectivity index (χ1n) is 9.08. The average molecular weight is 363 g/mol. The molecule has 0 aliphatic carbocycles. The van der Waals surface area contributed by atoms with Crippen molar-refractivity contribution in [1.82, 2.24) is 24.6 Å². The summed E-state index contributed by atoms with van der Waals surface area (Å²) in [5.74, 6) is 0.0302. The van der Waals surface area contributed by atoms with E-state index in [1.807, 2.05) is 42.5 Å². The fourth-order valence-electron chi connectivity index (χ4n) is 3.89. The van der Waals surface area contributed by atoms with Crippen molar-refractivity contribution < 1.29 is 9.18 Å². The quantitative estimate of drug-likeness (QED) is 0.702. The van der Waals surface area contributed by atoms with E-state index in [1.165, 1.54) is 0 Å². The first kappa shape index (κ1) is 16.1. The predicted molar refractivity (Wildman–Crippen MR) is 95.8 cm³/mol. The van der Waals surface area contributed by atoms with E-state index in [0.717, 1.165) is 23.2 Å². The lowest BCUT2D eigenvalue weighted by atomic mass is 10.0. The van der Waals surface area contributed by atoms with E-state index in [1.54, 1.807) is 15.8 Å². The number of benzene rings is 1. The van der Waals surface area contributed by atoms with Crippen molar-refractivity contribution in [2.24, 2.45) is 0 Å². The van der Waals surface area contributed by atoms with E-state index in [9.17, 15) is 9.18 Å². The molecule has 0 unspecified atom stereocenters. The van der Waals surface area contributed by atoms with E-state index in [2.05, 4.69) is 15.1 Å². The number of halogens is 1. The van der Waals surface area contributed by atoms with Crippen LogP contribution < -0.4 is 0 Å². The summed E-state index contributed by atoms with van der Waals surface area (Å²) in [4.78, 5) is 23.2. The number of amides is 1. The number of hydrogen-bond donors (Lipinski definition) is 0. The van der Waals surface area contributed by atoms with Gasteiger partial charge in [-0.05, 0) is 23.6 Å². The number of rotatable bonds is 2. The number of carbonyl (C=O) groups excluding carboxylic acids is 1. The van der Waals surface area contributed by atoms with Gasteiger partial charge in [-0.2, -0.15) is 0 Å². The highest BCUT2D eigenvalue weighted by Gasteiger charge is 2.37. The van der Waals surface area contributed by atoms with Gasteiger partial charge in [0.2, 0.25) is 5.82 Å². The van der Waals surface area contributed by atoms with Crippen LogP contribution in [0.4, 0.5) is 4.39 Å². The molecule has 6 nitrogen and oxygen atoms in total. The van der Waals surface area contributed by atoms with Crippen molar-refractivity contribution in [3.8, 4) is 0 Å². The van der Waals surface area contributed by atoms with Gasteiger partial charge in [-0.15, -0.1) is 5.10 Å². The van der Waals surface area contributed by atoms with Gasteiger partial charge in [0.05, 0.1) is 18.3 Å². The van der Waals surface area contributed by atoms with E-state index in [-0.39, 0.29) is 23.6 Å². The van der Waals surface area contributed by atoms with Gasteiger partial charge in [0.25, 0.3) is 5.91 Å².